The van der Waals surface area contributed by atoms with Crippen LogP contribution in [-0.2, 0) is 4.74 Å². The average Bonchev–Trinajstić information content (AvgIpc) is 3.03. The third-order valence-electron chi connectivity index (χ3n) is 4.08. The second-order valence-corrected chi connectivity index (χ2v) is 5.88. The summed E-state index contributed by atoms with van der Waals surface area (Å²) in [5.41, 5.74) is 2.82. The molecule has 0 radical (unpaired) electrons. The largest absolute Gasteiger partial charge is 0.380 e. The van der Waals surface area contributed by atoms with Crippen molar-refractivity contribution in [3.8, 4) is 11.3 Å². The minimum Gasteiger partial charge on any atom is -0.380 e. The Balaban J connectivity index is 1.76. The number of aromatic nitrogens is 4. The molecule has 0 saturated carbocycles. The topological polar surface area (TPSA) is 116 Å². The molecule has 1 unspecified atom stereocenters. The smallest absolute Gasteiger partial charge is 0.272 e. The molecule has 1 atom stereocenters. The Bertz CT molecular complexity index is 1130. The highest BCUT2D eigenvalue weighted by Crippen LogP contribution is 2.27. The van der Waals surface area contributed by atoms with E-state index in [-0.39, 0.29) is 12.2 Å². The van der Waals surface area contributed by atoms with Crippen LogP contribution in [0.2, 0.25) is 0 Å². The highest BCUT2D eigenvalue weighted by Gasteiger charge is 2.11. The molecule has 0 aliphatic heterocycles. The number of imidazole rings is 1. The van der Waals surface area contributed by atoms with Crippen LogP contribution in [0.1, 0.15) is 0 Å². The third-order valence-corrected chi connectivity index (χ3v) is 4.08. The van der Waals surface area contributed by atoms with Crippen molar-refractivity contribution in [3.63, 3.8) is 0 Å². The molecule has 8 nitrogen and oxygen atoms in total. The minimum atomic E-state index is -0.857. The average molecular weight is 351 g/mol. The van der Waals surface area contributed by atoms with E-state index in [1.165, 1.54) is 7.11 Å². The van der Waals surface area contributed by atoms with Crippen LogP contribution in [0.5, 0.6) is 0 Å². The third kappa shape index (κ3) is 2.92. The van der Waals surface area contributed by atoms with E-state index in [0.717, 1.165) is 16.5 Å². The van der Waals surface area contributed by atoms with E-state index in [1.807, 2.05) is 36.4 Å². The van der Waals surface area contributed by atoms with Crippen molar-refractivity contribution in [2.45, 2.75) is 6.23 Å². The van der Waals surface area contributed by atoms with E-state index in [9.17, 15) is 9.90 Å². The molecule has 0 aliphatic carbocycles. The Labute approximate surface area is 147 Å². The zero-order chi connectivity index (χ0) is 18.1. The van der Waals surface area contributed by atoms with E-state index in [1.54, 1.807) is 6.07 Å². The molecule has 4 N–H and O–H groups in total. The van der Waals surface area contributed by atoms with E-state index in [2.05, 4.69) is 25.5 Å². The molecule has 0 fully saturated rings. The first-order chi connectivity index (χ1) is 12.7. The van der Waals surface area contributed by atoms with Crippen LogP contribution in [0.3, 0.4) is 0 Å². The van der Waals surface area contributed by atoms with E-state index < -0.39 is 6.23 Å². The Morgan fingerprint density at radius 1 is 1.23 bits per heavy atom. The van der Waals surface area contributed by atoms with Crippen LogP contribution in [0.25, 0.3) is 33.1 Å². The second-order valence-electron chi connectivity index (χ2n) is 5.88. The van der Waals surface area contributed by atoms with Gasteiger partial charge in [0.1, 0.15) is 6.23 Å². The molecule has 2 aromatic heterocycles. The monoisotopic (exact) mass is 351 g/mol. The highest BCUT2D eigenvalue weighted by atomic mass is 16.5. The molecule has 8 heteroatoms. The van der Waals surface area contributed by atoms with Gasteiger partial charge >= 0.3 is 0 Å². The fourth-order valence-electron chi connectivity index (χ4n) is 2.91. The van der Waals surface area contributed by atoms with Crippen molar-refractivity contribution in [2.24, 2.45) is 0 Å². The molecule has 0 aliphatic rings. The van der Waals surface area contributed by atoms with Crippen LogP contribution in [0, 0.1) is 0 Å². The predicted octanol–water partition coefficient (Wildman–Crippen LogP) is 1.84. The molecule has 132 valence electrons. The van der Waals surface area contributed by atoms with Gasteiger partial charge in [0.25, 0.3) is 5.56 Å². The first kappa shape index (κ1) is 16.2. The van der Waals surface area contributed by atoms with Crippen molar-refractivity contribution in [1.82, 2.24) is 20.2 Å². The molecular formula is C18H17N5O3. The minimum absolute atomic E-state index is 0.148. The number of fused-ring (bicyclic) bond motifs is 2. The Morgan fingerprint density at radius 3 is 2.85 bits per heavy atom. The van der Waals surface area contributed by atoms with Crippen LogP contribution >= 0.6 is 0 Å². The molecule has 2 aromatic carbocycles. The van der Waals surface area contributed by atoms with Gasteiger partial charge in [-0.05, 0) is 18.2 Å². The molecule has 2 heterocycles. The number of nitrogens with one attached hydrogen (secondary N) is 3. The number of methoxy groups -OCH3 is 1. The standard InChI is InChI=1S/C18H17N5O3/c1-26-9-15(24)21-18-19-13-7-6-10(8-14(13)20-18)16-11-4-2-3-5-12(11)17(25)23-22-16/h2-8,15,24H,9H2,1H3,(H,23,25)(H2,19,20,21). The Morgan fingerprint density at radius 2 is 2.04 bits per heavy atom. The van der Waals surface area contributed by atoms with Gasteiger partial charge in [-0.1, -0.05) is 24.3 Å². The van der Waals surface area contributed by atoms with Gasteiger partial charge in [-0.2, -0.15) is 5.10 Å². The number of anilines is 1. The lowest BCUT2D eigenvalue weighted by molar-refractivity contribution is 0.0815. The van der Waals surface area contributed by atoms with Gasteiger partial charge in [0.15, 0.2) is 0 Å². The molecule has 0 bridgehead atoms. The van der Waals surface area contributed by atoms with E-state index >= 15 is 0 Å². The molecule has 4 rings (SSSR count). The fraction of sp³-hybridized carbons (Fsp3) is 0.167. The Hall–Kier alpha value is -3.23. The summed E-state index contributed by atoms with van der Waals surface area (Å²) in [6.07, 6.45) is -0.857. The highest BCUT2D eigenvalue weighted by molar-refractivity contribution is 5.95. The van der Waals surface area contributed by atoms with Gasteiger partial charge < -0.3 is 20.1 Å². The number of nitrogens with zero attached hydrogens (tertiary/aromatic N) is 2. The maximum atomic E-state index is 12.0. The maximum Gasteiger partial charge on any atom is 0.272 e. The molecule has 0 amide bonds. The first-order valence-electron chi connectivity index (χ1n) is 8.07. The number of aliphatic hydroxyl groups is 1. The van der Waals surface area contributed by atoms with Crippen molar-refractivity contribution >= 4 is 27.8 Å². The maximum absolute atomic E-state index is 12.0. The summed E-state index contributed by atoms with van der Waals surface area (Å²) in [4.78, 5) is 19.5. The number of aromatic amines is 2. The zero-order valence-corrected chi connectivity index (χ0v) is 14.0. The number of benzene rings is 2. The van der Waals surface area contributed by atoms with Gasteiger partial charge in [-0.25, -0.2) is 10.1 Å². The SMILES string of the molecule is COCC(O)Nc1nc2cc(-c3n[nH]c(=O)c4ccccc34)ccc2[nH]1. The van der Waals surface area contributed by atoms with Crippen LogP contribution < -0.4 is 10.9 Å². The molecule has 26 heavy (non-hydrogen) atoms. The second kappa shape index (κ2) is 6.58. The quantitative estimate of drug-likeness (QED) is 0.408. The molecule has 4 aromatic rings. The van der Waals surface area contributed by atoms with Crippen LogP contribution in [0.15, 0.2) is 47.3 Å². The number of ether oxygens (including phenoxy) is 1. The lowest BCUT2D eigenvalue weighted by Gasteiger charge is -2.09. The summed E-state index contributed by atoms with van der Waals surface area (Å²) >= 11 is 0. The number of rotatable bonds is 5. The number of H-pyrrole nitrogens is 2. The van der Waals surface area contributed by atoms with Crippen molar-refractivity contribution in [2.75, 3.05) is 19.0 Å². The van der Waals surface area contributed by atoms with Gasteiger partial charge in [0.2, 0.25) is 5.95 Å². The summed E-state index contributed by atoms with van der Waals surface area (Å²) in [7, 11) is 1.51. The lowest BCUT2D eigenvalue weighted by Crippen LogP contribution is -2.24. The summed E-state index contributed by atoms with van der Waals surface area (Å²) in [5.74, 6) is 0.445. The Kier molecular flexibility index (Phi) is 4.11. The summed E-state index contributed by atoms with van der Waals surface area (Å²) in [6.45, 7) is 0.148. The van der Waals surface area contributed by atoms with Crippen molar-refractivity contribution in [1.29, 1.82) is 0 Å². The molecule has 0 spiro atoms. The summed E-state index contributed by atoms with van der Waals surface area (Å²) in [5, 5.41) is 20.7. The lowest BCUT2D eigenvalue weighted by atomic mass is 10.0. The number of hydrogen-bond donors (Lipinski definition) is 4. The fourth-order valence-corrected chi connectivity index (χ4v) is 2.91. The van der Waals surface area contributed by atoms with Gasteiger partial charge in [-0.3, -0.25) is 4.79 Å². The van der Waals surface area contributed by atoms with Gasteiger partial charge in [0, 0.05) is 18.1 Å². The van der Waals surface area contributed by atoms with E-state index in [4.69, 9.17) is 4.74 Å². The van der Waals surface area contributed by atoms with Crippen molar-refractivity contribution in [3.05, 3.63) is 52.8 Å². The predicted molar refractivity (Wildman–Crippen MR) is 99.0 cm³/mol. The summed E-state index contributed by atoms with van der Waals surface area (Å²) in [6, 6.07) is 13.0. The number of hydrogen-bond acceptors (Lipinski definition) is 6. The molecule has 0 saturated heterocycles. The normalized spacial score (nSPS) is 12.5. The van der Waals surface area contributed by atoms with E-state index in [0.29, 0.717) is 22.5 Å². The zero-order valence-electron chi connectivity index (χ0n) is 14.0. The van der Waals surface area contributed by atoms with Crippen molar-refractivity contribution < 1.29 is 9.84 Å². The van der Waals surface area contributed by atoms with Gasteiger partial charge in [0.05, 0.1) is 28.7 Å². The summed E-state index contributed by atoms with van der Waals surface area (Å²) < 4.78 is 4.89. The van der Waals surface area contributed by atoms with Gasteiger partial charge in [-0.15, -0.1) is 0 Å². The molecular weight excluding hydrogens is 334 g/mol. The van der Waals surface area contributed by atoms with Crippen LogP contribution in [-0.4, -0.2) is 45.2 Å². The van der Waals surface area contributed by atoms with Crippen LogP contribution in [0.4, 0.5) is 5.95 Å². The number of aliphatic hydroxyl groups excluding tert-OH is 1. The first-order valence-corrected chi connectivity index (χ1v) is 8.07.